The van der Waals surface area contributed by atoms with E-state index in [0.29, 0.717) is 11.3 Å². The summed E-state index contributed by atoms with van der Waals surface area (Å²) in [6.07, 6.45) is 5.97. The van der Waals surface area contributed by atoms with Crippen molar-refractivity contribution in [3.05, 3.63) is 35.2 Å². The van der Waals surface area contributed by atoms with Gasteiger partial charge in [-0.05, 0) is 31.7 Å². The number of halogens is 1. The van der Waals surface area contributed by atoms with Crippen LogP contribution in [-0.2, 0) is 0 Å². The molecule has 1 aromatic carbocycles. The Morgan fingerprint density at radius 3 is 3.00 bits per heavy atom. The largest absolute Gasteiger partial charge is 0.494 e. The summed E-state index contributed by atoms with van der Waals surface area (Å²) in [5.41, 5.74) is 7.74. The van der Waals surface area contributed by atoms with Crippen molar-refractivity contribution in [1.29, 1.82) is 0 Å². The van der Waals surface area contributed by atoms with Gasteiger partial charge in [-0.25, -0.2) is 4.39 Å². The number of ether oxygens (including phenoxy) is 1. The van der Waals surface area contributed by atoms with Crippen LogP contribution < -0.4 is 10.5 Å². The van der Waals surface area contributed by atoms with Gasteiger partial charge in [-0.15, -0.1) is 0 Å². The molecule has 3 heteroatoms. The highest BCUT2D eigenvalue weighted by atomic mass is 19.1. The molecular formula is C14H18FNO. The molecule has 0 saturated heterocycles. The summed E-state index contributed by atoms with van der Waals surface area (Å²) in [4.78, 5) is 0. The molecule has 0 radical (unpaired) electrons. The minimum atomic E-state index is -0.290. The van der Waals surface area contributed by atoms with Gasteiger partial charge in [-0.1, -0.05) is 23.8 Å². The lowest BCUT2D eigenvalue weighted by Gasteiger charge is -2.20. The zero-order valence-electron chi connectivity index (χ0n) is 10.1. The van der Waals surface area contributed by atoms with E-state index in [9.17, 15) is 4.39 Å². The van der Waals surface area contributed by atoms with Gasteiger partial charge in [0, 0.05) is 11.6 Å². The van der Waals surface area contributed by atoms with Crippen molar-refractivity contribution in [2.45, 2.75) is 31.7 Å². The minimum Gasteiger partial charge on any atom is -0.494 e. The first-order valence-electron chi connectivity index (χ1n) is 5.98. The van der Waals surface area contributed by atoms with Crippen LogP contribution in [0.3, 0.4) is 0 Å². The van der Waals surface area contributed by atoms with Crippen LogP contribution in [0.5, 0.6) is 5.75 Å². The second-order valence-electron chi connectivity index (χ2n) is 4.52. The third-order valence-corrected chi connectivity index (χ3v) is 3.17. The second kappa shape index (κ2) is 5.32. The van der Waals surface area contributed by atoms with Crippen LogP contribution >= 0.6 is 0 Å². The quantitative estimate of drug-likeness (QED) is 0.854. The van der Waals surface area contributed by atoms with E-state index in [1.807, 2.05) is 6.08 Å². The molecule has 0 bridgehead atoms. The smallest absolute Gasteiger partial charge is 0.172 e. The number of nitrogens with two attached hydrogens (primary N) is 1. The fourth-order valence-electron chi connectivity index (χ4n) is 2.28. The van der Waals surface area contributed by atoms with Crippen LogP contribution in [0.2, 0.25) is 0 Å². The van der Waals surface area contributed by atoms with Crippen molar-refractivity contribution in [2.75, 3.05) is 7.11 Å². The van der Waals surface area contributed by atoms with Crippen LogP contribution in [0, 0.1) is 5.82 Å². The summed E-state index contributed by atoms with van der Waals surface area (Å²) in [6, 6.07) is 5.43. The zero-order valence-corrected chi connectivity index (χ0v) is 10.1. The molecule has 0 heterocycles. The monoisotopic (exact) mass is 235 g/mol. The Balaban J connectivity index is 2.25. The van der Waals surface area contributed by atoms with Crippen LogP contribution in [0.25, 0.3) is 6.08 Å². The lowest BCUT2D eigenvalue weighted by molar-refractivity contribution is 0.386. The zero-order chi connectivity index (χ0) is 12.3. The minimum absolute atomic E-state index is 0.226. The average Bonchev–Trinajstić information content (AvgIpc) is 2.32. The standard InChI is InChI=1S/C14H18FNO/c1-17-13-7-3-5-11(14(13)15)8-10-4-2-6-12(16)9-10/h3,5,7-8,12H,2,4,6,9,16H2,1H3/b10-8-. The molecule has 1 fully saturated rings. The normalized spacial score (nSPS) is 22.8. The van der Waals surface area contributed by atoms with Crippen LogP contribution in [0.4, 0.5) is 4.39 Å². The summed E-state index contributed by atoms with van der Waals surface area (Å²) >= 11 is 0. The molecule has 2 rings (SSSR count). The fourth-order valence-corrected chi connectivity index (χ4v) is 2.28. The molecule has 2 N–H and O–H groups in total. The molecule has 17 heavy (non-hydrogen) atoms. The molecule has 1 aliphatic rings. The van der Waals surface area contributed by atoms with E-state index in [1.165, 1.54) is 12.7 Å². The topological polar surface area (TPSA) is 35.2 Å². The Labute approximate surface area is 101 Å². The maximum atomic E-state index is 13.9. The van der Waals surface area contributed by atoms with E-state index in [2.05, 4.69) is 0 Å². The van der Waals surface area contributed by atoms with Gasteiger partial charge in [0.1, 0.15) is 0 Å². The summed E-state index contributed by atoms with van der Waals surface area (Å²) in [5.74, 6) is 0.00102. The van der Waals surface area contributed by atoms with E-state index in [1.54, 1.807) is 18.2 Å². The van der Waals surface area contributed by atoms with Crippen molar-refractivity contribution in [3.63, 3.8) is 0 Å². The molecule has 1 saturated carbocycles. The lowest BCUT2D eigenvalue weighted by atomic mass is 9.90. The highest BCUT2D eigenvalue weighted by Crippen LogP contribution is 2.27. The van der Waals surface area contributed by atoms with Crippen molar-refractivity contribution in [3.8, 4) is 5.75 Å². The fraction of sp³-hybridized carbons (Fsp3) is 0.429. The Bertz CT molecular complexity index is 428. The third kappa shape index (κ3) is 2.86. The Kier molecular flexibility index (Phi) is 3.79. The molecular weight excluding hydrogens is 217 g/mol. The van der Waals surface area contributed by atoms with Crippen LogP contribution in [0.1, 0.15) is 31.2 Å². The first kappa shape index (κ1) is 12.1. The molecule has 92 valence electrons. The lowest BCUT2D eigenvalue weighted by Crippen LogP contribution is -2.23. The highest BCUT2D eigenvalue weighted by Gasteiger charge is 2.14. The van der Waals surface area contributed by atoms with Gasteiger partial charge in [0.15, 0.2) is 11.6 Å². The van der Waals surface area contributed by atoms with Gasteiger partial charge in [0.2, 0.25) is 0 Å². The predicted molar refractivity (Wildman–Crippen MR) is 67.4 cm³/mol. The highest BCUT2D eigenvalue weighted by molar-refractivity contribution is 5.56. The van der Waals surface area contributed by atoms with E-state index < -0.39 is 0 Å². The van der Waals surface area contributed by atoms with Crippen molar-refractivity contribution in [1.82, 2.24) is 0 Å². The van der Waals surface area contributed by atoms with Gasteiger partial charge >= 0.3 is 0 Å². The van der Waals surface area contributed by atoms with E-state index >= 15 is 0 Å². The van der Waals surface area contributed by atoms with Crippen LogP contribution in [0.15, 0.2) is 23.8 Å². The molecule has 1 aromatic rings. The van der Waals surface area contributed by atoms with Gasteiger partial charge in [0.25, 0.3) is 0 Å². The molecule has 0 aromatic heterocycles. The third-order valence-electron chi connectivity index (χ3n) is 3.17. The van der Waals surface area contributed by atoms with Crippen LogP contribution in [-0.4, -0.2) is 13.2 Å². The predicted octanol–water partition coefficient (Wildman–Crippen LogP) is 3.12. The average molecular weight is 235 g/mol. The molecule has 1 unspecified atom stereocenters. The summed E-state index contributed by atoms with van der Waals surface area (Å²) in [6.45, 7) is 0. The van der Waals surface area contributed by atoms with E-state index in [4.69, 9.17) is 10.5 Å². The summed E-state index contributed by atoms with van der Waals surface area (Å²) in [7, 11) is 1.48. The number of hydrogen-bond donors (Lipinski definition) is 1. The summed E-state index contributed by atoms with van der Waals surface area (Å²) < 4.78 is 18.9. The Morgan fingerprint density at radius 1 is 1.47 bits per heavy atom. The van der Waals surface area contributed by atoms with Crippen molar-refractivity contribution in [2.24, 2.45) is 5.73 Å². The molecule has 0 amide bonds. The molecule has 1 atom stereocenters. The molecule has 2 nitrogen and oxygen atoms in total. The van der Waals surface area contributed by atoms with E-state index in [0.717, 1.165) is 25.7 Å². The van der Waals surface area contributed by atoms with Crippen molar-refractivity contribution >= 4 is 6.08 Å². The second-order valence-corrected chi connectivity index (χ2v) is 4.52. The van der Waals surface area contributed by atoms with Gasteiger partial charge in [0.05, 0.1) is 7.11 Å². The SMILES string of the molecule is COc1cccc(/C=C2/CCCC(N)C2)c1F. The van der Waals surface area contributed by atoms with Gasteiger partial charge in [-0.3, -0.25) is 0 Å². The maximum Gasteiger partial charge on any atom is 0.172 e. The Hall–Kier alpha value is -1.35. The first-order chi connectivity index (χ1) is 8.20. The molecule has 0 aliphatic heterocycles. The molecule has 0 spiro atoms. The maximum absolute atomic E-state index is 13.9. The number of hydrogen-bond acceptors (Lipinski definition) is 2. The Morgan fingerprint density at radius 2 is 2.29 bits per heavy atom. The first-order valence-corrected chi connectivity index (χ1v) is 5.98. The van der Waals surface area contributed by atoms with E-state index in [-0.39, 0.29) is 11.9 Å². The number of methoxy groups -OCH3 is 1. The summed E-state index contributed by atoms with van der Waals surface area (Å²) in [5, 5.41) is 0. The number of benzene rings is 1. The molecule has 1 aliphatic carbocycles. The van der Waals surface area contributed by atoms with Crippen molar-refractivity contribution < 1.29 is 9.13 Å². The van der Waals surface area contributed by atoms with Gasteiger partial charge < -0.3 is 10.5 Å². The van der Waals surface area contributed by atoms with Gasteiger partial charge in [-0.2, -0.15) is 0 Å². The number of rotatable bonds is 2.